The predicted molar refractivity (Wildman–Crippen MR) is 92.9 cm³/mol. The van der Waals surface area contributed by atoms with E-state index >= 15 is 0 Å². The van der Waals surface area contributed by atoms with Gasteiger partial charge < -0.3 is 9.84 Å². The molecule has 7 nitrogen and oxygen atoms in total. The molecule has 134 valence electrons. The quantitative estimate of drug-likeness (QED) is 0.866. The first-order valence-corrected chi connectivity index (χ1v) is 9.54. The van der Waals surface area contributed by atoms with Gasteiger partial charge in [-0.2, -0.15) is 5.10 Å². The molecule has 8 heteroatoms. The maximum absolute atomic E-state index is 11.3. The lowest BCUT2D eigenvalue weighted by molar-refractivity contribution is -0.0963. The molecule has 25 heavy (non-hydrogen) atoms. The van der Waals surface area contributed by atoms with Crippen LogP contribution in [0.1, 0.15) is 51.5 Å². The largest absolute Gasteiger partial charge is 0.477 e. The smallest absolute Gasteiger partial charge is 0.345 e. The average molecular weight is 362 g/mol. The van der Waals surface area contributed by atoms with Gasteiger partial charge in [-0.25, -0.2) is 9.78 Å². The number of thiophene rings is 1. The Morgan fingerprint density at radius 2 is 2.28 bits per heavy atom. The van der Waals surface area contributed by atoms with Crippen LogP contribution in [0.15, 0.2) is 6.07 Å². The number of nitrogens with zero attached hydrogens (tertiary/aromatic N) is 3. The second-order valence-corrected chi connectivity index (χ2v) is 7.74. The highest BCUT2D eigenvalue weighted by atomic mass is 32.1. The number of nitrogens with one attached hydrogen (secondary N) is 1. The van der Waals surface area contributed by atoms with Crippen molar-refractivity contribution in [1.82, 2.24) is 20.1 Å². The van der Waals surface area contributed by atoms with Gasteiger partial charge in [-0.15, -0.1) is 11.3 Å². The summed E-state index contributed by atoms with van der Waals surface area (Å²) in [5, 5.41) is 16.5. The molecule has 1 fully saturated rings. The van der Waals surface area contributed by atoms with E-state index < -0.39 is 5.97 Å². The van der Waals surface area contributed by atoms with Crippen molar-refractivity contribution in [1.29, 1.82) is 0 Å². The van der Waals surface area contributed by atoms with Crippen molar-refractivity contribution in [3.05, 3.63) is 33.0 Å². The number of H-pyrrole nitrogens is 1. The minimum atomic E-state index is -0.843. The van der Waals surface area contributed by atoms with Gasteiger partial charge in [0.25, 0.3) is 0 Å². The monoisotopic (exact) mass is 362 g/mol. The molecule has 0 aliphatic carbocycles. The van der Waals surface area contributed by atoms with Crippen molar-refractivity contribution < 1.29 is 14.6 Å². The Morgan fingerprint density at radius 1 is 1.48 bits per heavy atom. The average Bonchev–Trinajstić information content (AvgIpc) is 3.24. The van der Waals surface area contributed by atoms with Crippen LogP contribution in [0.25, 0.3) is 0 Å². The highest BCUT2D eigenvalue weighted by molar-refractivity contribution is 7.14. The Balaban J connectivity index is 1.47. The van der Waals surface area contributed by atoms with Crippen LogP contribution in [0.3, 0.4) is 0 Å². The fraction of sp³-hybridized carbons (Fsp3) is 0.588. The summed E-state index contributed by atoms with van der Waals surface area (Å²) in [6.45, 7) is 5.29. The maximum atomic E-state index is 11.3. The van der Waals surface area contributed by atoms with Crippen LogP contribution in [0, 0.1) is 0 Å². The lowest BCUT2D eigenvalue weighted by atomic mass is 9.85. The van der Waals surface area contributed by atoms with E-state index in [9.17, 15) is 9.90 Å². The van der Waals surface area contributed by atoms with Crippen LogP contribution in [0.4, 0.5) is 0 Å². The zero-order valence-electron chi connectivity index (χ0n) is 14.2. The molecule has 2 aliphatic heterocycles. The topological polar surface area (TPSA) is 91.3 Å². The summed E-state index contributed by atoms with van der Waals surface area (Å²) < 4.78 is 6.20. The number of rotatable bonds is 4. The number of carbonyl (C=O) groups is 1. The molecular formula is C17H22N4O3S. The van der Waals surface area contributed by atoms with Gasteiger partial charge in [-0.05, 0) is 30.9 Å². The second-order valence-electron chi connectivity index (χ2n) is 6.69. The van der Waals surface area contributed by atoms with Crippen LogP contribution < -0.4 is 0 Å². The standard InChI is InChI=1S/C17H22N4O3S/c1-2-13-18-14(20-19-13)10-21-6-4-17(5-7-21)15-11(3-8-24-17)9-12(25-15)16(22)23/h9H,2-8,10H2,1H3,(H,22,23)(H,18,19,20). The highest BCUT2D eigenvalue weighted by Gasteiger charge is 2.42. The van der Waals surface area contributed by atoms with Crippen LogP contribution >= 0.6 is 11.3 Å². The summed E-state index contributed by atoms with van der Waals surface area (Å²) in [6.07, 6.45) is 3.41. The molecule has 1 spiro atoms. The molecule has 0 bridgehead atoms. The van der Waals surface area contributed by atoms with Gasteiger partial charge in [0.1, 0.15) is 22.1 Å². The first-order valence-electron chi connectivity index (χ1n) is 8.72. The zero-order valence-corrected chi connectivity index (χ0v) is 15.1. The normalized spacial score (nSPS) is 19.9. The number of hydrogen-bond acceptors (Lipinski definition) is 6. The molecule has 0 saturated carbocycles. The van der Waals surface area contributed by atoms with Gasteiger partial charge in [0.15, 0.2) is 0 Å². The zero-order chi connectivity index (χ0) is 17.4. The second kappa shape index (κ2) is 6.51. The fourth-order valence-electron chi connectivity index (χ4n) is 3.75. The SMILES string of the molecule is CCc1n[nH]c(CN2CCC3(CC2)OCCc2cc(C(=O)O)sc23)n1. The molecule has 0 radical (unpaired) electrons. The lowest BCUT2D eigenvalue weighted by Gasteiger charge is -2.43. The molecule has 0 aromatic carbocycles. The molecule has 0 unspecified atom stereocenters. The van der Waals surface area contributed by atoms with Gasteiger partial charge >= 0.3 is 5.97 Å². The summed E-state index contributed by atoms with van der Waals surface area (Å²) in [7, 11) is 0. The van der Waals surface area contributed by atoms with Crippen LogP contribution in [-0.4, -0.2) is 50.9 Å². The predicted octanol–water partition coefficient (Wildman–Crippen LogP) is 2.19. The Bertz CT molecular complexity index is 777. The Morgan fingerprint density at radius 3 is 2.96 bits per heavy atom. The van der Waals surface area contributed by atoms with Crippen molar-refractivity contribution in [2.45, 2.75) is 44.8 Å². The van der Waals surface area contributed by atoms with Crippen molar-refractivity contribution in [2.24, 2.45) is 0 Å². The van der Waals surface area contributed by atoms with Crippen molar-refractivity contribution in [3.8, 4) is 0 Å². The maximum Gasteiger partial charge on any atom is 0.345 e. The number of fused-ring (bicyclic) bond motifs is 2. The minimum Gasteiger partial charge on any atom is -0.477 e. The van der Waals surface area contributed by atoms with E-state index in [0.717, 1.165) is 67.4 Å². The number of likely N-dealkylation sites (tertiary alicyclic amines) is 1. The first-order chi connectivity index (χ1) is 12.1. The summed E-state index contributed by atoms with van der Waals surface area (Å²) in [5.41, 5.74) is 0.850. The Kier molecular flexibility index (Phi) is 4.35. The minimum absolute atomic E-state index is 0.307. The number of piperidine rings is 1. The first kappa shape index (κ1) is 16.7. The molecule has 2 aromatic rings. The fourth-order valence-corrected chi connectivity index (χ4v) is 5.00. The summed E-state index contributed by atoms with van der Waals surface area (Å²) in [6, 6.07) is 1.83. The van der Waals surface area contributed by atoms with Crippen molar-refractivity contribution >= 4 is 17.3 Å². The van der Waals surface area contributed by atoms with E-state index in [1.54, 1.807) is 0 Å². The number of aromatic amines is 1. The molecule has 0 atom stereocenters. The molecule has 2 N–H and O–H groups in total. The number of carboxylic acid groups (broad SMARTS) is 1. The van der Waals surface area contributed by atoms with Crippen LogP contribution in [0.2, 0.25) is 0 Å². The third-order valence-electron chi connectivity index (χ3n) is 5.11. The van der Waals surface area contributed by atoms with E-state index in [2.05, 4.69) is 20.1 Å². The summed E-state index contributed by atoms with van der Waals surface area (Å²) in [5.74, 6) is 0.912. The number of ether oxygens (including phenoxy) is 1. The number of aryl methyl sites for hydroxylation is 1. The summed E-state index contributed by atoms with van der Waals surface area (Å²) in [4.78, 5) is 19.7. The van der Waals surface area contributed by atoms with E-state index in [1.165, 1.54) is 11.3 Å². The molecule has 1 saturated heterocycles. The summed E-state index contributed by atoms with van der Waals surface area (Å²) >= 11 is 1.39. The van der Waals surface area contributed by atoms with E-state index in [-0.39, 0.29) is 5.60 Å². The van der Waals surface area contributed by atoms with Crippen LogP contribution in [-0.2, 0) is 29.7 Å². The number of aromatic nitrogens is 3. The van der Waals surface area contributed by atoms with Gasteiger partial charge in [-0.1, -0.05) is 6.92 Å². The molecule has 0 amide bonds. The van der Waals surface area contributed by atoms with Gasteiger partial charge in [-0.3, -0.25) is 10.00 Å². The van der Waals surface area contributed by atoms with E-state index in [1.807, 2.05) is 13.0 Å². The number of carboxylic acids is 1. The van der Waals surface area contributed by atoms with Crippen LogP contribution in [0.5, 0.6) is 0 Å². The van der Waals surface area contributed by atoms with Gasteiger partial charge in [0, 0.05) is 24.4 Å². The number of hydrogen-bond donors (Lipinski definition) is 2. The molecule has 4 heterocycles. The third-order valence-corrected chi connectivity index (χ3v) is 6.47. The number of aromatic carboxylic acids is 1. The third kappa shape index (κ3) is 3.09. The van der Waals surface area contributed by atoms with E-state index in [4.69, 9.17) is 4.74 Å². The molecule has 2 aromatic heterocycles. The molecule has 4 rings (SSSR count). The Labute approximate surface area is 150 Å². The lowest BCUT2D eigenvalue weighted by Crippen LogP contribution is -2.45. The highest BCUT2D eigenvalue weighted by Crippen LogP contribution is 2.45. The molecule has 2 aliphatic rings. The Hall–Kier alpha value is -1.77. The van der Waals surface area contributed by atoms with E-state index in [0.29, 0.717) is 11.5 Å². The van der Waals surface area contributed by atoms with Gasteiger partial charge in [0.05, 0.1) is 13.2 Å². The van der Waals surface area contributed by atoms with Gasteiger partial charge in [0.2, 0.25) is 0 Å². The van der Waals surface area contributed by atoms with Crippen molar-refractivity contribution in [2.75, 3.05) is 19.7 Å². The molecular weight excluding hydrogens is 340 g/mol. The van der Waals surface area contributed by atoms with Crippen molar-refractivity contribution in [3.63, 3.8) is 0 Å².